The molecule has 1 N–H and O–H groups in total. The van der Waals surface area contributed by atoms with E-state index in [1.165, 1.54) is 0 Å². The molecule has 0 saturated carbocycles. The Kier molecular flexibility index (Phi) is 4.01. The third kappa shape index (κ3) is 2.83. The number of aromatic nitrogens is 2. The number of aliphatic hydroxyl groups excluding tert-OH is 1. The lowest BCUT2D eigenvalue weighted by atomic mass is 10.0. The number of amides is 1. The fraction of sp³-hybridized carbons (Fsp3) is 0.375. The van der Waals surface area contributed by atoms with Crippen molar-refractivity contribution in [2.75, 3.05) is 13.2 Å². The summed E-state index contributed by atoms with van der Waals surface area (Å²) in [6, 6.07) is 9.64. The van der Waals surface area contributed by atoms with Crippen molar-refractivity contribution in [3.63, 3.8) is 0 Å². The van der Waals surface area contributed by atoms with Crippen molar-refractivity contribution in [3.05, 3.63) is 48.3 Å². The van der Waals surface area contributed by atoms with Crippen LogP contribution in [0.3, 0.4) is 0 Å². The lowest BCUT2D eigenvalue weighted by molar-refractivity contribution is 0.0503. The average molecular weight is 285 g/mol. The predicted molar refractivity (Wildman–Crippen MR) is 79.3 cm³/mol. The molecule has 0 radical (unpaired) electrons. The van der Waals surface area contributed by atoms with Crippen LogP contribution in [0.25, 0.3) is 5.69 Å². The Morgan fingerprint density at radius 1 is 1.29 bits per heavy atom. The van der Waals surface area contributed by atoms with Crippen molar-refractivity contribution in [2.45, 2.75) is 25.3 Å². The van der Waals surface area contributed by atoms with Gasteiger partial charge in [0.1, 0.15) is 0 Å². The summed E-state index contributed by atoms with van der Waals surface area (Å²) < 4.78 is 1.70. The van der Waals surface area contributed by atoms with Crippen LogP contribution in [0, 0.1) is 0 Å². The highest BCUT2D eigenvalue weighted by Crippen LogP contribution is 2.19. The van der Waals surface area contributed by atoms with Crippen molar-refractivity contribution in [1.29, 1.82) is 0 Å². The van der Waals surface area contributed by atoms with E-state index in [9.17, 15) is 9.90 Å². The van der Waals surface area contributed by atoms with Gasteiger partial charge in [0.15, 0.2) is 0 Å². The first-order valence-corrected chi connectivity index (χ1v) is 7.31. The van der Waals surface area contributed by atoms with Gasteiger partial charge in [-0.2, -0.15) is 5.10 Å². The molecular weight excluding hydrogens is 266 g/mol. The van der Waals surface area contributed by atoms with Crippen molar-refractivity contribution in [1.82, 2.24) is 14.7 Å². The largest absolute Gasteiger partial charge is 0.394 e. The standard InChI is InChI=1S/C16H19N3O2/c20-12-15-8-4-5-9-18(15)16(21)13-10-17-19(11-13)14-6-2-1-3-7-14/h1-3,6-7,10-11,15,20H,4-5,8-9,12H2. The lowest BCUT2D eigenvalue weighted by Crippen LogP contribution is -2.45. The molecular formula is C16H19N3O2. The summed E-state index contributed by atoms with van der Waals surface area (Å²) >= 11 is 0. The van der Waals surface area contributed by atoms with Crippen LogP contribution in [-0.4, -0.2) is 44.9 Å². The second-order valence-electron chi connectivity index (χ2n) is 5.34. The number of para-hydroxylation sites is 1. The predicted octanol–water partition coefficient (Wildman–Crippen LogP) is 1.86. The lowest BCUT2D eigenvalue weighted by Gasteiger charge is -2.34. The monoisotopic (exact) mass is 285 g/mol. The molecule has 1 aliphatic rings. The number of aliphatic hydroxyl groups is 1. The second-order valence-corrected chi connectivity index (χ2v) is 5.34. The number of nitrogens with zero attached hydrogens (tertiary/aromatic N) is 3. The zero-order chi connectivity index (χ0) is 14.7. The molecule has 3 rings (SSSR count). The molecule has 21 heavy (non-hydrogen) atoms. The van der Waals surface area contributed by atoms with Gasteiger partial charge in [0, 0.05) is 12.7 Å². The van der Waals surface area contributed by atoms with Gasteiger partial charge >= 0.3 is 0 Å². The van der Waals surface area contributed by atoms with Crippen LogP contribution in [0.1, 0.15) is 29.6 Å². The fourth-order valence-electron chi connectivity index (χ4n) is 2.78. The number of rotatable bonds is 3. The summed E-state index contributed by atoms with van der Waals surface area (Å²) in [5.41, 5.74) is 1.49. The summed E-state index contributed by atoms with van der Waals surface area (Å²) in [5.74, 6) is -0.0454. The molecule has 1 amide bonds. The first-order chi connectivity index (χ1) is 10.3. The van der Waals surface area contributed by atoms with Crippen molar-refractivity contribution in [3.8, 4) is 5.69 Å². The van der Waals surface area contributed by atoms with Crippen LogP contribution in [0.2, 0.25) is 0 Å². The quantitative estimate of drug-likeness (QED) is 0.936. The summed E-state index contributed by atoms with van der Waals surface area (Å²) in [4.78, 5) is 14.3. The Morgan fingerprint density at radius 2 is 2.10 bits per heavy atom. The highest BCUT2D eigenvalue weighted by atomic mass is 16.3. The Morgan fingerprint density at radius 3 is 2.86 bits per heavy atom. The van der Waals surface area contributed by atoms with Crippen molar-refractivity contribution >= 4 is 5.91 Å². The molecule has 1 aromatic carbocycles. The van der Waals surface area contributed by atoms with Crippen LogP contribution >= 0.6 is 0 Å². The number of likely N-dealkylation sites (tertiary alicyclic amines) is 1. The third-order valence-electron chi connectivity index (χ3n) is 3.95. The van der Waals surface area contributed by atoms with E-state index in [0.29, 0.717) is 12.1 Å². The molecule has 110 valence electrons. The zero-order valence-corrected chi connectivity index (χ0v) is 11.9. The van der Waals surface area contributed by atoms with Crippen LogP contribution < -0.4 is 0 Å². The Hall–Kier alpha value is -2.14. The SMILES string of the molecule is O=C(c1cnn(-c2ccccc2)c1)N1CCCCC1CO. The van der Waals surface area contributed by atoms with Gasteiger partial charge in [0.05, 0.1) is 30.1 Å². The normalized spacial score (nSPS) is 18.7. The van der Waals surface area contributed by atoms with Crippen LogP contribution in [-0.2, 0) is 0 Å². The second kappa shape index (κ2) is 6.10. The highest BCUT2D eigenvalue weighted by Gasteiger charge is 2.27. The maximum absolute atomic E-state index is 12.6. The highest BCUT2D eigenvalue weighted by molar-refractivity contribution is 5.94. The minimum atomic E-state index is -0.0636. The van der Waals surface area contributed by atoms with Gasteiger partial charge in [-0.3, -0.25) is 4.79 Å². The molecule has 1 aromatic heterocycles. The van der Waals surface area contributed by atoms with Gasteiger partial charge in [-0.1, -0.05) is 18.2 Å². The minimum absolute atomic E-state index is 0.0264. The summed E-state index contributed by atoms with van der Waals surface area (Å²) in [6.07, 6.45) is 6.28. The fourth-order valence-corrected chi connectivity index (χ4v) is 2.78. The summed E-state index contributed by atoms with van der Waals surface area (Å²) in [7, 11) is 0. The van der Waals surface area contributed by atoms with E-state index in [1.807, 2.05) is 30.3 Å². The van der Waals surface area contributed by atoms with Gasteiger partial charge < -0.3 is 10.0 Å². The smallest absolute Gasteiger partial charge is 0.257 e. The first-order valence-electron chi connectivity index (χ1n) is 7.31. The van der Waals surface area contributed by atoms with Gasteiger partial charge in [-0.25, -0.2) is 4.68 Å². The summed E-state index contributed by atoms with van der Waals surface area (Å²) in [5, 5.41) is 13.7. The number of hydrogen-bond acceptors (Lipinski definition) is 3. The molecule has 2 heterocycles. The number of carbonyl (C=O) groups is 1. The van der Waals surface area contributed by atoms with Crippen molar-refractivity contribution < 1.29 is 9.90 Å². The molecule has 1 atom stereocenters. The van der Waals surface area contributed by atoms with Crippen LogP contribution in [0.5, 0.6) is 0 Å². The van der Waals surface area contributed by atoms with E-state index in [4.69, 9.17) is 0 Å². The molecule has 0 bridgehead atoms. The van der Waals surface area contributed by atoms with E-state index in [0.717, 1.165) is 24.9 Å². The molecule has 0 spiro atoms. The van der Waals surface area contributed by atoms with E-state index in [-0.39, 0.29) is 18.6 Å². The van der Waals surface area contributed by atoms with Crippen molar-refractivity contribution in [2.24, 2.45) is 0 Å². The summed E-state index contributed by atoms with van der Waals surface area (Å²) in [6.45, 7) is 0.735. The van der Waals surface area contributed by atoms with Crippen LogP contribution in [0.4, 0.5) is 0 Å². The number of carbonyl (C=O) groups excluding carboxylic acids is 1. The van der Waals surface area contributed by atoms with Gasteiger partial charge in [-0.15, -0.1) is 0 Å². The molecule has 2 aromatic rings. The molecule has 5 nitrogen and oxygen atoms in total. The Labute approximate surface area is 123 Å². The number of piperidine rings is 1. The zero-order valence-electron chi connectivity index (χ0n) is 11.9. The maximum Gasteiger partial charge on any atom is 0.257 e. The third-order valence-corrected chi connectivity index (χ3v) is 3.95. The van der Waals surface area contributed by atoms with Crippen LogP contribution in [0.15, 0.2) is 42.7 Å². The molecule has 1 saturated heterocycles. The van der Waals surface area contributed by atoms with E-state index in [1.54, 1.807) is 22.0 Å². The van der Waals surface area contributed by atoms with E-state index < -0.39 is 0 Å². The van der Waals surface area contributed by atoms with Gasteiger partial charge in [-0.05, 0) is 31.4 Å². The van der Waals surface area contributed by atoms with E-state index in [2.05, 4.69) is 5.10 Å². The first kappa shape index (κ1) is 13.8. The molecule has 1 aliphatic heterocycles. The molecule has 0 aliphatic carbocycles. The Balaban J connectivity index is 1.81. The Bertz CT molecular complexity index is 609. The number of benzene rings is 1. The number of hydrogen-bond donors (Lipinski definition) is 1. The molecule has 1 unspecified atom stereocenters. The minimum Gasteiger partial charge on any atom is -0.394 e. The average Bonchev–Trinajstić information content (AvgIpc) is 3.05. The van der Waals surface area contributed by atoms with E-state index >= 15 is 0 Å². The molecule has 1 fully saturated rings. The van der Waals surface area contributed by atoms with Gasteiger partial charge in [0.25, 0.3) is 5.91 Å². The van der Waals surface area contributed by atoms with Gasteiger partial charge in [0.2, 0.25) is 0 Å². The topological polar surface area (TPSA) is 58.4 Å². The maximum atomic E-state index is 12.6. The molecule has 5 heteroatoms.